The Bertz CT molecular complexity index is 459. The quantitative estimate of drug-likeness (QED) is 0.811. The molecule has 88 valence electrons. The van der Waals surface area contributed by atoms with Crippen molar-refractivity contribution in [3.63, 3.8) is 0 Å². The van der Waals surface area contributed by atoms with Gasteiger partial charge in [-0.25, -0.2) is 0 Å². The van der Waals surface area contributed by atoms with E-state index in [4.69, 9.17) is 16.3 Å². The molecule has 0 spiro atoms. The van der Waals surface area contributed by atoms with Gasteiger partial charge in [0.25, 0.3) is 0 Å². The molecule has 1 N–H and O–H groups in total. The fraction of sp³-hybridized carbons (Fsp3) is 0.143. The molecule has 0 aliphatic rings. The summed E-state index contributed by atoms with van der Waals surface area (Å²) in [5.74, 6) is 0.798. The highest BCUT2D eigenvalue weighted by molar-refractivity contribution is 6.30. The summed E-state index contributed by atoms with van der Waals surface area (Å²) < 4.78 is 5.56. The normalized spacial score (nSPS) is 9.94. The first kappa shape index (κ1) is 11.8. The van der Waals surface area contributed by atoms with Gasteiger partial charge >= 0.3 is 0 Å². The first-order valence-electron chi connectivity index (χ1n) is 5.52. The van der Waals surface area contributed by atoms with E-state index >= 15 is 0 Å². The van der Waals surface area contributed by atoms with E-state index in [9.17, 15) is 0 Å². The fourth-order valence-electron chi connectivity index (χ4n) is 1.48. The smallest absolute Gasteiger partial charge is 0.120 e. The molecular formula is C14H14ClNO. The highest BCUT2D eigenvalue weighted by Gasteiger charge is 1.94. The lowest BCUT2D eigenvalue weighted by Crippen LogP contribution is -2.11. The number of anilines is 1. The monoisotopic (exact) mass is 247 g/mol. The van der Waals surface area contributed by atoms with Crippen molar-refractivity contribution >= 4 is 17.3 Å². The molecule has 0 atom stereocenters. The van der Waals surface area contributed by atoms with Crippen molar-refractivity contribution in [2.24, 2.45) is 0 Å². The Morgan fingerprint density at radius 3 is 2.59 bits per heavy atom. The van der Waals surface area contributed by atoms with Crippen LogP contribution in [0, 0.1) is 0 Å². The highest BCUT2D eigenvalue weighted by atomic mass is 35.5. The number of para-hydroxylation sites is 1. The van der Waals surface area contributed by atoms with Crippen LogP contribution < -0.4 is 10.1 Å². The summed E-state index contributed by atoms with van der Waals surface area (Å²) in [7, 11) is 0. The summed E-state index contributed by atoms with van der Waals surface area (Å²) in [5.41, 5.74) is 1.10. The SMILES string of the molecule is Clc1cccc(OCCNc2ccccc2)c1. The van der Waals surface area contributed by atoms with Crippen molar-refractivity contribution in [2.75, 3.05) is 18.5 Å². The topological polar surface area (TPSA) is 21.3 Å². The van der Waals surface area contributed by atoms with Gasteiger partial charge in [-0.2, -0.15) is 0 Å². The Morgan fingerprint density at radius 2 is 1.82 bits per heavy atom. The van der Waals surface area contributed by atoms with Crippen molar-refractivity contribution in [1.29, 1.82) is 0 Å². The number of rotatable bonds is 5. The summed E-state index contributed by atoms with van der Waals surface area (Å²) >= 11 is 5.86. The minimum atomic E-state index is 0.606. The fourth-order valence-corrected chi connectivity index (χ4v) is 1.66. The van der Waals surface area contributed by atoms with Crippen LogP contribution in [0.4, 0.5) is 5.69 Å². The summed E-state index contributed by atoms with van der Waals surface area (Å²) in [5, 5.41) is 3.96. The zero-order valence-corrected chi connectivity index (χ0v) is 10.2. The van der Waals surface area contributed by atoms with Gasteiger partial charge in [-0.05, 0) is 30.3 Å². The van der Waals surface area contributed by atoms with Crippen molar-refractivity contribution in [3.8, 4) is 5.75 Å². The Morgan fingerprint density at radius 1 is 1.00 bits per heavy atom. The van der Waals surface area contributed by atoms with E-state index < -0.39 is 0 Å². The third-order valence-electron chi connectivity index (χ3n) is 2.27. The average molecular weight is 248 g/mol. The molecule has 0 fully saturated rings. The minimum absolute atomic E-state index is 0.606. The van der Waals surface area contributed by atoms with Crippen LogP contribution >= 0.6 is 11.6 Å². The molecule has 0 aliphatic heterocycles. The van der Waals surface area contributed by atoms with Crippen molar-refractivity contribution in [3.05, 3.63) is 59.6 Å². The van der Waals surface area contributed by atoms with Gasteiger partial charge in [0.15, 0.2) is 0 Å². The number of ether oxygens (including phenoxy) is 1. The second-order valence-electron chi connectivity index (χ2n) is 3.60. The van der Waals surface area contributed by atoms with Crippen LogP contribution in [-0.4, -0.2) is 13.2 Å². The summed E-state index contributed by atoms with van der Waals surface area (Å²) in [4.78, 5) is 0. The second-order valence-corrected chi connectivity index (χ2v) is 4.04. The van der Waals surface area contributed by atoms with Gasteiger partial charge in [0.2, 0.25) is 0 Å². The average Bonchev–Trinajstić information content (AvgIpc) is 2.36. The maximum absolute atomic E-state index is 5.86. The van der Waals surface area contributed by atoms with E-state index in [1.165, 1.54) is 0 Å². The Kier molecular flexibility index (Phi) is 4.28. The molecule has 0 bridgehead atoms. The van der Waals surface area contributed by atoms with Crippen LogP contribution in [-0.2, 0) is 0 Å². The van der Waals surface area contributed by atoms with E-state index in [2.05, 4.69) is 5.32 Å². The van der Waals surface area contributed by atoms with Crippen LogP contribution in [0.1, 0.15) is 0 Å². The van der Waals surface area contributed by atoms with E-state index in [0.717, 1.165) is 18.0 Å². The highest BCUT2D eigenvalue weighted by Crippen LogP contribution is 2.16. The van der Waals surface area contributed by atoms with E-state index in [1.807, 2.05) is 54.6 Å². The molecular weight excluding hydrogens is 234 g/mol. The second kappa shape index (κ2) is 6.16. The lowest BCUT2D eigenvalue weighted by molar-refractivity contribution is 0.333. The molecule has 2 aromatic carbocycles. The van der Waals surface area contributed by atoms with Gasteiger partial charge in [-0.15, -0.1) is 0 Å². The largest absolute Gasteiger partial charge is 0.492 e. The van der Waals surface area contributed by atoms with E-state index in [1.54, 1.807) is 0 Å². The van der Waals surface area contributed by atoms with Gasteiger partial charge in [0, 0.05) is 17.3 Å². The van der Waals surface area contributed by atoms with Crippen molar-refractivity contribution in [2.45, 2.75) is 0 Å². The first-order valence-corrected chi connectivity index (χ1v) is 5.90. The predicted octanol–water partition coefficient (Wildman–Crippen LogP) is 3.83. The molecule has 0 radical (unpaired) electrons. The molecule has 0 aliphatic carbocycles. The Hall–Kier alpha value is -1.67. The van der Waals surface area contributed by atoms with Gasteiger partial charge in [0.1, 0.15) is 12.4 Å². The van der Waals surface area contributed by atoms with Gasteiger partial charge < -0.3 is 10.1 Å². The van der Waals surface area contributed by atoms with Gasteiger partial charge in [0.05, 0.1) is 0 Å². The van der Waals surface area contributed by atoms with Crippen LogP contribution in [0.25, 0.3) is 0 Å². The standard InChI is InChI=1S/C14H14ClNO/c15-12-5-4-8-14(11-12)17-10-9-16-13-6-2-1-3-7-13/h1-8,11,16H,9-10H2. The molecule has 17 heavy (non-hydrogen) atoms. The molecule has 0 aromatic heterocycles. The molecule has 0 amide bonds. The molecule has 2 nitrogen and oxygen atoms in total. The van der Waals surface area contributed by atoms with E-state index in [-0.39, 0.29) is 0 Å². The van der Waals surface area contributed by atoms with Crippen molar-refractivity contribution < 1.29 is 4.74 Å². The number of benzene rings is 2. The Labute approximate surface area is 106 Å². The molecule has 2 aromatic rings. The first-order chi connectivity index (χ1) is 8.34. The lowest BCUT2D eigenvalue weighted by Gasteiger charge is -2.08. The maximum Gasteiger partial charge on any atom is 0.120 e. The molecule has 0 heterocycles. The number of hydrogen-bond acceptors (Lipinski definition) is 2. The third kappa shape index (κ3) is 4.00. The number of halogens is 1. The van der Waals surface area contributed by atoms with Crippen LogP contribution in [0.15, 0.2) is 54.6 Å². The van der Waals surface area contributed by atoms with Gasteiger partial charge in [-0.3, -0.25) is 0 Å². The number of hydrogen-bond donors (Lipinski definition) is 1. The third-order valence-corrected chi connectivity index (χ3v) is 2.50. The van der Waals surface area contributed by atoms with Gasteiger partial charge in [-0.1, -0.05) is 35.9 Å². The maximum atomic E-state index is 5.86. The van der Waals surface area contributed by atoms with Crippen LogP contribution in [0.3, 0.4) is 0 Å². The summed E-state index contributed by atoms with van der Waals surface area (Å²) in [6.07, 6.45) is 0. The lowest BCUT2D eigenvalue weighted by atomic mass is 10.3. The van der Waals surface area contributed by atoms with E-state index in [0.29, 0.717) is 11.6 Å². The molecule has 0 unspecified atom stereocenters. The van der Waals surface area contributed by atoms with Crippen LogP contribution in [0.5, 0.6) is 5.75 Å². The number of nitrogens with one attached hydrogen (secondary N) is 1. The van der Waals surface area contributed by atoms with Crippen LogP contribution in [0.2, 0.25) is 5.02 Å². The summed E-state index contributed by atoms with van der Waals surface area (Å²) in [6.45, 7) is 1.37. The van der Waals surface area contributed by atoms with Crippen molar-refractivity contribution in [1.82, 2.24) is 0 Å². The zero-order chi connectivity index (χ0) is 11.9. The molecule has 2 rings (SSSR count). The Balaban J connectivity index is 1.73. The molecule has 0 saturated heterocycles. The molecule has 3 heteroatoms. The predicted molar refractivity (Wildman–Crippen MR) is 71.9 cm³/mol. The zero-order valence-electron chi connectivity index (χ0n) is 9.40. The molecule has 0 saturated carbocycles. The summed E-state index contributed by atoms with van der Waals surface area (Å²) in [6, 6.07) is 17.5. The minimum Gasteiger partial charge on any atom is -0.492 e.